The number of pyridine rings is 1. The molecule has 0 atom stereocenters. The quantitative estimate of drug-likeness (QED) is 0.265. The van der Waals surface area contributed by atoms with Gasteiger partial charge in [-0.05, 0) is 42.3 Å². The van der Waals surface area contributed by atoms with Crippen LogP contribution in [0.3, 0.4) is 0 Å². The second kappa shape index (κ2) is 9.23. The Kier molecular flexibility index (Phi) is 6.95. The Balaban J connectivity index is 2.60. The molecule has 0 fully saturated rings. The second-order valence-electron chi connectivity index (χ2n) is 6.66. The van der Waals surface area contributed by atoms with E-state index in [2.05, 4.69) is 9.72 Å². The highest BCUT2D eigenvalue weighted by Gasteiger charge is 2.46. The molecule has 0 unspecified atom stereocenters. The van der Waals surface area contributed by atoms with Crippen LogP contribution in [0.4, 0.5) is 26.3 Å². The summed E-state index contributed by atoms with van der Waals surface area (Å²) in [5, 5.41) is 0.309. The fourth-order valence-electron chi connectivity index (χ4n) is 3.22. The lowest BCUT2D eigenvalue weighted by molar-refractivity contribution is -0.144. The summed E-state index contributed by atoms with van der Waals surface area (Å²) in [6, 6.07) is 9.43. The van der Waals surface area contributed by atoms with Crippen molar-refractivity contribution < 1.29 is 35.9 Å². The fraction of sp³-hybridized carbons (Fsp3) is 0.182. The normalized spacial score (nSPS) is 12.0. The Morgan fingerprint density at radius 2 is 1.27 bits per heavy atom. The summed E-state index contributed by atoms with van der Waals surface area (Å²) in [7, 11) is 0. The Hall–Kier alpha value is -2.78. The number of ether oxygens (including phenoxy) is 1. The first-order chi connectivity index (χ1) is 15.3. The molecule has 174 valence electrons. The number of esters is 1. The highest BCUT2D eigenvalue weighted by atomic mass is 35.5. The lowest BCUT2D eigenvalue weighted by atomic mass is 9.88. The van der Waals surface area contributed by atoms with E-state index in [1.807, 2.05) is 0 Å². The maximum absolute atomic E-state index is 14.3. The van der Waals surface area contributed by atoms with Crippen LogP contribution in [0.25, 0.3) is 22.3 Å². The molecule has 0 aliphatic carbocycles. The first-order valence-electron chi connectivity index (χ1n) is 9.26. The number of hydrogen-bond acceptors (Lipinski definition) is 3. The monoisotopic (exact) mass is 507 g/mol. The molecule has 0 spiro atoms. The van der Waals surface area contributed by atoms with E-state index in [4.69, 9.17) is 23.2 Å². The number of carbonyl (C=O) groups is 1. The van der Waals surface area contributed by atoms with Crippen LogP contribution in [0.1, 0.15) is 28.7 Å². The van der Waals surface area contributed by atoms with Gasteiger partial charge < -0.3 is 4.74 Å². The van der Waals surface area contributed by atoms with Crippen LogP contribution in [-0.4, -0.2) is 17.6 Å². The summed E-state index contributed by atoms with van der Waals surface area (Å²) in [5.74, 6) is -1.63. The fourth-order valence-corrected chi connectivity index (χ4v) is 3.47. The second-order valence-corrected chi connectivity index (χ2v) is 7.54. The molecule has 0 aliphatic rings. The van der Waals surface area contributed by atoms with Crippen molar-refractivity contribution in [2.24, 2.45) is 0 Å². The van der Waals surface area contributed by atoms with Gasteiger partial charge in [-0.3, -0.25) is 0 Å². The summed E-state index contributed by atoms with van der Waals surface area (Å²) in [5.41, 5.74) is -7.04. The molecule has 33 heavy (non-hydrogen) atoms. The maximum Gasteiger partial charge on any atom is 0.434 e. The highest BCUT2D eigenvalue weighted by molar-refractivity contribution is 6.31. The van der Waals surface area contributed by atoms with Crippen LogP contribution >= 0.6 is 23.2 Å². The summed E-state index contributed by atoms with van der Waals surface area (Å²) >= 11 is 11.6. The van der Waals surface area contributed by atoms with Crippen LogP contribution in [0.5, 0.6) is 0 Å². The topological polar surface area (TPSA) is 39.2 Å². The van der Waals surface area contributed by atoms with Gasteiger partial charge in [-0.1, -0.05) is 47.5 Å². The number of aromatic nitrogens is 1. The molecule has 0 saturated heterocycles. The first kappa shape index (κ1) is 24.9. The van der Waals surface area contributed by atoms with Gasteiger partial charge in [-0.25, -0.2) is 9.78 Å². The molecule has 0 radical (unpaired) electrons. The zero-order valence-corrected chi connectivity index (χ0v) is 18.1. The molecule has 11 heteroatoms. The van der Waals surface area contributed by atoms with E-state index >= 15 is 0 Å². The van der Waals surface area contributed by atoms with Gasteiger partial charge >= 0.3 is 18.3 Å². The maximum atomic E-state index is 14.3. The van der Waals surface area contributed by atoms with Crippen molar-refractivity contribution in [2.45, 2.75) is 19.3 Å². The molecule has 3 nitrogen and oxygen atoms in total. The van der Waals surface area contributed by atoms with Gasteiger partial charge in [0.2, 0.25) is 0 Å². The third kappa shape index (κ3) is 5.25. The van der Waals surface area contributed by atoms with Gasteiger partial charge in [0.05, 0.1) is 12.2 Å². The van der Waals surface area contributed by atoms with Crippen LogP contribution in [-0.2, 0) is 17.1 Å². The number of benzene rings is 2. The summed E-state index contributed by atoms with van der Waals surface area (Å²) in [6.45, 7) is 0.937. The molecule has 0 bridgehead atoms. The SMILES string of the molecule is CCOC(=O)c1nc(C(F)(F)F)c(-c2ccc(Cl)cc2)c(-c2ccc(Cl)cc2)c1C(F)(F)F. The molecule has 3 aromatic rings. The van der Waals surface area contributed by atoms with E-state index in [-0.39, 0.29) is 27.8 Å². The van der Waals surface area contributed by atoms with E-state index in [1.165, 1.54) is 31.2 Å². The Morgan fingerprint density at radius 3 is 1.67 bits per heavy atom. The zero-order valence-electron chi connectivity index (χ0n) is 16.6. The largest absolute Gasteiger partial charge is 0.461 e. The van der Waals surface area contributed by atoms with E-state index in [0.717, 1.165) is 24.3 Å². The average Bonchev–Trinajstić information content (AvgIpc) is 2.72. The van der Waals surface area contributed by atoms with Crippen LogP contribution in [0.2, 0.25) is 10.0 Å². The minimum Gasteiger partial charge on any atom is -0.461 e. The van der Waals surface area contributed by atoms with Crippen molar-refractivity contribution in [1.82, 2.24) is 4.98 Å². The summed E-state index contributed by atoms with van der Waals surface area (Å²) in [6.07, 6.45) is -10.5. The smallest absolute Gasteiger partial charge is 0.434 e. The molecule has 2 aromatic carbocycles. The predicted molar refractivity (Wildman–Crippen MR) is 111 cm³/mol. The van der Waals surface area contributed by atoms with Crippen LogP contribution in [0.15, 0.2) is 48.5 Å². The van der Waals surface area contributed by atoms with Gasteiger partial charge in [-0.2, -0.15) is 26.3 Å². The predicted octanol–water partition coefficient (Wildman–Crippen LogP) is 7.94. The Morgan fingerprint density at radius 1 is 0.818 bits per heavy atom. The summed E-state index contributed by atoms with van der Waals surface area (Å²) in [4.78, 5) is 15.5. The van der Waals surface area contributed by atoms with Gasteiger partial charge in [-0.15, -0.1) is 0 Å². The van der Waals surface area contributed by atoms with Crippen LogP contribution in [0, 0.1) is 0 Å². The molecule has 0 saturated carbocycles. The van der Waals surface area contributed by atoms with E-state index in [9.17, 15) is 31.1 Å². The number of halogens is 8. The standard InChI is InChI=1S/C22H13Cl2F6NO2/c1-2-33-20(32)18-17(21(25,26)27)15(11-3-7-13(23)8-4-11)16(19(31-18)22(28,29)30)12-5-9-14(24)10-6-12/h3-10H,2H2,1H3. The van der Waals surface area contributed by atoms with Gasteiger partial charge in [0, 0.05) is 21.2 Å². The van der Waals surface area contributed by atoms with Crippen molar-refractivity contribution in [1.29, 1.82) is 0 Å². The zero-order chi connectivity index (χ0) is 24.6. The highest BCUT2D eigenvalue weighted by Crippen LogP contribution is 2.49. The molecular weight excluding hydrogens is 495 g/mol. The first-order valence-corrected chi connectivity index (χ1v) is 10.0. The minimum absolute atomic E-state index is 0.149. The lowest BCUT2D eigenvalue weighted by Crippen LogP contribution is -2.23. The molecule has 0 amide bonds. The third-order valence-electron chi connectivity index (χ3n) is 4.48. The minimum atomic E-state index is -5.25. The van der Waals surface area contributed by atoms with Crippen LogP contribution < -0.4 is 0 Å². The van der Waals surface area contributed by atoms with Gasteiger partial charge in [0.25, 0.3) is 0 Å². The number of nitrogens with zero attached hydrogens (tertiary/aromatic N) is 1. The van der Waals surface area contributed by atoms with E-state index in [0.29, 0.717) is 0 Å². The number of alkyl halides is 6. The van der Waals surface area contributed by atoms with Gasteiger partial charge in [0.1, 0.15) is 0 Å². The Bertz CT molecular complexity index is 1170. The molecule has 1 heterocycles. The number of hydrogen-bond donors (Lipinski definition) is 0. The van der Waals surface area contributed by atoms with Crippen molar-refractivity contribution in [3.63, 3.8) is 0 Å². The Labute approximate surface area is 193 Å². The van der Waals surface area contributed by atoms with E-state index < -0.39 is 46.4 Å². The number of carbonyl (C=O) groups excluding carboxylic acids is 1. The molecule has 3 rings (SSSR count). The lowest BCUT2D eigenvalue weighted by Gasteiger charge is -2.23. The summed E-state index contributed by atoms with van der Waals surface area (Å²) < 4.78 is 89.7. The molecule has 1 aromatic heterocycles. The van der Waals surface area contributed by atoms with Crippen molar-refractivity contribution in [3.05, 3.63) is 75.5 Å². The average molecular weight is 508 g/mol. The van der Waals surface area contributed by atoms with E-state index in [1.54, 1.807) is 0 Å². The van der Waals surface area contributed by atoms with Crippen molar-refractivity contribution in [3.8, 4) is 22.3 Å². The van der Waals surface area contributed by atoms with Crippen molar-refractivity contribution in [2.75, 3.05) is 6.61 Å². The van der Waals surface area contributed by atoms with Gasteiger partial charge in [0.15, 0.2) is 11.4 Å². The molecular formula is C22H13Cl2F6NO2. The molecule has 0 N–H and O–H groups in total. The third-order valence-corrected chi connectivity index (χ3v) is 4.99. The van der Waals surface area contributed by atoms with Crippen molar-refractivity contribution >= 4 is 29.2 Å². The number of rotatable bonds is 4. The molecule has 0 aliphatic heterocycles.